The predicted molar refractivity (Wildman–Crippen MR) is 83.5 cm³/mol. The molecule has 0 aliphatic carbocycles. The van der Waals surface area contributed by atoms with E-state index in [9.17, 15) is 19.4 Å². The SMILES string of the molecule is O=C(C1=CCC(c2ccc(F)c(O)c2)S1)c1cccc(O)c1. The first-order chi connectivity index (χ1) is 10.5. The second-order valence-corrected chi connectivity index (χ2v) is 6.25. The van der Waals surface area contributed by atoms with Gasteiger partial charge < -0.3 is 10.2 Å². The minimum Gasteiger partial charge on any atom is -0.508 e. The van der Waals surface area contributed by atoms with Crippen molar-refractivity contribution in [3.63, 3.8) is 0 Å². The van der Waals surface area contributed by atoms with Gasteiger partial charge >= 0.3 is 0 Å². The number of allylic oxidation sites excluding steroid dienone is 2. The van der Waals surface area contributed by atoms with Crippen LogP contribution >= 0.6 is 11.8 Å². The molecule has 3 nitrogen and oxygen atoms in total. The number of carbonyl (C=O) groups is 1. The second kappa shape index (κ2) is 5.85. The lowest BCUT2D eigenvalue weighted by atomic mass is 10.1. The Hall–Kier alpha value is -2.27. The number of hydrogen-bond donors (Lipinski definition) is 2. The summed E-state index contributed by atoms with van der Waals surface area (Å²) < 4.78 is 13.1. The smallest absolute Gasteiger partial charge is 0.199 e. The summed E-state index contributed by atoms with van der Waals surface area (Å²) in [7, 11) is 0. The van der Waals surface area contributed by atoms with Crippen LogP contribution in [0.15, 0.2) is 53.4 Å². The van der Waals surface area contributed by atoms with Gasteiger partial charge in [-0.25, -0.2) is 4.39 Å². The van der Waals surface area contributed by atoms with Gasteiger partial charge in [-0.3, -0.25) is 4.79 Å². The highest BCUT2D eigenvalue weighted by atomic mass is 32.2. The number of Topliss-reactive ketones (excluding diaryl/α,β-unsaturated/α-hetero) is 1. The Kier molecular flexibility index (Phi) is 3.90. The molecule has 1 atom stereocenters. The number of rotatable bonds is 3. The van der Waals surface area contributed by atoms with Gasteiger partial charge in [0.2, 0.25) is 0 Å². The molecule has 22 heavy (non-hydrogen) atoms. The molecule has 0 fully saturated rings. The van der Waals surface area contributed by atoms with Crippen LogP contribution in [0.3, 0.4) is 0 Å². The number of phenolic OH excluding ortho intramolecular Hbond substituents is 2. The van der Waals surface area contributed by atoms with Gasteiger partial charge in [0.05, 0.1) is 4.91 Å². The Balaban J connectivity index is 1.76. The maximum Gasteiger partial charge on any atom is 0.199 e. The van der Waals surface area contributed by atoms with Crippen molar-refractivity contribution < 1.29 is 19.4 Å². The Bertz CT molecular complexity index is 770. The van der Waals surface area contributed by atoms with Crippen LogP contribution in [0.4, 0.5) is 4.39 Å². The summed E-state index contributed by atoms with van der Waals surface area (Å²) in [5, 5.41) is 18.9. The molecule has 5 heteroatoms. The number of benzene rings is 2. The number of phenols is 2. The summed E-state index contributed by atoms with van der Waals surface area (Å²) in [4.78, 5) is 13.0. The van der Waals surface area contributed by atoms with E-state index in [1.54, 1.807) is 18.2 Å². The fourth-order valence-electron chi connectivity index (χ4n) is 2.33. The first-order valence-corrected chi connectivity index (χ1v) is 7.61. The molecule has 2 aromatic rings. The highest BCUT2D eigenvalue weighted by Gasteiger charge is 2.25. The summed E-state index contributed by atoms with van der Waals surface area (Å²) in [5.74, 6) is -1.13. The molecule has 0 aromatic heterocycles. The zero-order chi connectivity index (χ0) is 15.7. The molecule has 112 valence electrons. The molecule has 1 aliphatic rings. The van der Waals surface area contributed by atoms with E-state index in [1.807, 2.05) is 6.08 Å². The molecular weight excluding hydrogens is 303 g/mol. The van der Waals surface area contributed by atoms with Crippen LogP contribution in [0.25, 0.3) is 0 Å². The third-order valence-electron chi connectivity index (χ3n) is 3.46. The molecule has 0 saturated carbocycles. The highest BCUT2D eigenvalue weighted by molar-refractivity contribution is 8.04. The summed E-state index contributed by atoms with van der Waals surface area (Å²) in [5.41, 5.74) is 1.21. The summed E-state index contributed by atoms with van der Waals surface area (Å²) >= 11 is 1.38. The van der Waals surface area contributed by atoms with Crippen LogP contribution in [0, 0.1) is 5.82 Å². The van der Waals surface area contributed by atoms with Crippen LogP contribution in [0.2, 0.25) is 0 Å². The van der Waals surface area contributed by atoms with E-state index in [0.29, 0.717) is 16.9 Å². The average Bonchev–Trinajstić information content (AvgIpc) is 2.99. The minimum absolute atomic E-state index is 0.0252. The molecule has 0 spiro atoms. The number of carbonyl (C=O) groups excluding carboxylic acids is 1. The Morgan fingerprint density at radius 2 is 2.00 bits per heavy atom. The van der Waals surface area contributed by atoms with Gasteiger partial charge in [-0.15, -0.1) is 11.8 Å². The lowest BCUT2D eigenvalue weighted by Gasteiger charge is -2.11. The van der Waals surface area contributed by atoms with Crippen LogP contribution in [-0.4, -0.2) is 16.0 Å². The molecule has 3 rings (SSSR count). The van der Waals surface area contributed by atoms with Crippen molar-refractivity contribution >= 4 is 17.5 Å². The van der Waals surface area contributed by atoms with Gasteiger partial charge in [0.1, 0.15) is 5.75 Å². The maximum absolute atomic E-state index is 13.1. The first-order valence-electron chi connectivity index (χ1n) is 6.73. The van der Waals surface area contributed by atoms with E-state index in [4.69, 9.17) is 0 Å². The van der Waals surface area contributed by atoms with Gasteiger partial charge in [-0.2, -0.15) is 0 Å². The van der Waals surface area contributed by atoms with Gasteiger partial charge in [0.15, 0.2) is 17.3 Å². The van der Waals surface area contributed by atoms with E-state index >= 15 is 0 Å². The first kappa shape index (κ1) is 14.7. The molecule has 1 unspecified atom stereocenters. The van der Waals surface area contributed by atoms with Gasteiger partial charge in [-0.1, -0.05) is 24.3 Å². The molecule has 0 radical (unpaired) electrons. The number of ketones is 1. The summed E-state index contributed by atoms with van der Waals surface area (Å²) in [6.07, 6.45) is 2.47. The van der Waals surface area contributed by atoms with Gasteiger partial charge in [0.25, 0.3) is 0 Å². The molecular formula is C17H13FO3S. The molecule has 1 aliphatic heterocycles. The largest absolute Gasteiger partial charge is 0.508 e. The molecule has 1 heterocycles. The average molecular weight is 316 g/mol. The van der Waals surface area contributed by atoms with Gasteiger partial charge in [-0.05, 0) is 36.2 Å². The van der Waals surface area contributed by atoms with Crippen LogP contribution in [0.1, 0.15) is 27.6 Å². The molecule has 0 amide bonds. The fourth-order valence-corrected chi connectivity index (χ4v) is 3.53. The highest BCUT2D eigenvalue weighted by Crippen LogP contribution is 2.45. The topological polar surface area (TPSA) is 57.5 Å². The number of aromatic hydroxyl groups is 2. The second-order valence-electron chi connectivity index (χ2n) is 5.00. The Morgan fingerprint density at radius 1 is 1.18 bits per heavy atom. The number of thioether (sulfide) groups is 1. The maximum atomic E-state index is 13.1. The van der Waals surface area contributed by atoms with Crippen molar-refractivity contribution in [2.45, 2.75) is 11.7 Å². The fraction of sp³-hybridized carbons (Fsp3) is 0.118. The third kappa shape index (κ3) is 2.85. The summed E-state index contributed by atoms with van der Waals surface area (Å²) in [6, 6.07) is 10.4. The minimum atomic E-state index is -0.657. The van der Waals surface area contributed by atoms with Crippen molar-refractivity contribution in [3.8, 4) is 11.5 Å². The van der Waals surface area contributed by atoms with E-state index < -0.39 is 5.82 Å². The number of halogens is 1. The molecule has 2 aromatic carbocycles. The zero-order valence-corrected chi connectivity index (χ0v) is 12.3. The van der Waals surface area contributed by atoms with Crippen molar-refractivity contribution in [1.29, 1.82) is 0 Å². The third-order valence-corrected chi connectivity index (χ3v) is 4.82. The quantitative estimate of drug-likeness (QED) is 0.834. The van der Waals surface area contributed by atoms with Crippen molar-refractivity contribution in [2.24, 2.45) is 0 Å². The van der Waals surface area contributed by atoms with Crippen LogP contribution in [-0.2, 0) is 0 Å². The van der Waals surface area contributed by atoms with Crippen LogP contribution < -0.4 is 0 Å². The van der Waals surface area contributed by atoms with E-state index in [0.717, 1.165) is 5.56 Å². The zero-order valence-electron chi connectivity index (χ0n) is 11.5. The Labute approximate surface area is 131 Å². The number of hydrogen-bond acceptors (Lipinski definition) is 4. The van der Waals surface area contributed by atoms with E-state index in [2.05, 4.69) is 0 Å². The van der Waals surface area contributed by atoms with Crippen molar-refractivity contribution in [2.75, 3.05) is 0 Å². The standard InChI is InChI=1S/C17H13FO3S/c18-13-5-4-10(9-14(13)20)15-6-7-16(22-15)17(21)11-2-1-3-12(19)8-11/h1-5,7-9,15,19-20H,6H2. The van der Waals surface area contributed by atoms with Crippen molar-refractivity contribution in [3.05, 3.63) is 70.4 Å². The van der Waals surface area contributed by atoms with Gasteiger partial charge in [0, 0.05) is 10.8 Å². The van der Waals surface area contributed by atoms with E-state index in [1.165, 1.54) is 36.0 Å². The lowest BCUT2D eigenvalue weighted by molar-refractivity contribution is 0.104. The molecule has 2 N–H and O–H groups in total. The normalized spacial score (nSPS) is 17.3. The molecule has 0 bridgehead atoms. The lowest BCUT2D eigenvalue weighted by Crippen LogP contribution is -1.99. The van der Waals surface area contributed by atoms with E-state index in [-0.39, 0.29) is 22.5 Å². The van der Waals surface area contributed by atoms with Crippen molar-refractivity contribution in [1.82, 2.24) is 0 Å². The predicted octanol–water partition coefficient (Wildman–Crippen LogP) is 4.18. The molecule has 0 saturated heterocycles. The summed E-state index contributed by atoms with van der Waals surface area (Å²) in [6.45, 7) is 0. The Morgan fingerprint density at radius 3 is 2.73 bits per heavy atom. The monoisotopic (exact) mass is 316 g/mol. The van der Waals surface area contributed by atoms with Crippen LogP contribution in [0.5, 0.6) is 11.5 Å².